The molecule has 1 aromatic rings. The summed E-state index contributed by atoms with van der Waals surface area (Å²) in [6, 6.07) is 2.93. The molecular formula is C13H17BrN2O4. The maximum Gasteiger partial charge on any atom is 0.329 e. The molecule has 0 aliphatic rings. The van der Waals surface area contributed by atoms with Gasteiger partial charge in [-0.3, -0.25) is 9.59 Å². The Morgan fingerprint density at radius 3 is 2.50 bits per heavy atom. The van der Waals surface area contributed by atoms with Gasteiger partial charge in [0.05, 0.1) is 0 Å². The van der Waals surface area contributed by atoms with Gasteiger partial charge in [-0.1, -0.05) is 0 Å². The van der Waals surface area contributed by atoms with Gasteiger partial charge in [-0.05, 0) is 42.8 Å². The number of aromatic nitrogens is 1. The van der Waals surface area contributed by atoms with Crippen LogP contribution in [0.3, 0.4) is 0 Å². The van der Waals surface area contributed by atoms with Crippen molar-refractivity contribution >= 4 is 27.8 Å². The molecule has 1 rings (SSSR count). The third-order valence-electron chi connectivity index (χ3n) is 3.07. The van der Waals surface area contributed by atoms with Crippen molar-refractivity contribution in [2.75, 3.05) is 6.54 Å². The minimum Gasteiger partial charge on any atom is -0.480 e. The molecule has 1 N–H and O–H groups in total. The first kappa shape index (κ1) is 16.4. The Labute approximate surface area is 125 Å². The van der Waals surface area contributed by atoms with Crippen molar-refractivity contribution in [3.8, 4) is 0 Å². The van der Waals surface area contributed by atoms with Gasteiger partial charge in [0.25, 0.3) is 5.56 Å². The average molecular weight is 345 g/mol. The number of amides is 1. The second kappa shape index (κ2) is 6.21. The first-order valence-corrected chi connectivity index (χ1v) is 6.89. The summed E-state index contributed by atoms with van der Waals surface area (Å²) in [5.74, 6) is -1.51. The van der Waals surface area contributed by atoms with Gasteiger partial charge >= 0.3 is 5.97 Å². The van der Waals surface area contributed by atoms with E-state index in [0.29, 0.717) is 4.47 Å². The Morgan fingerprint density at radius 1 is 1.40 bits per heavy atom. The Bertz CT molecular complexity index is 580. The number of carbonyl (C=O) groups is 2. The number of likely N-dealkylation sites (N-methyl/N-ethyl adjacent to an activating group) is 1. The molecule has 7 heteroatoms. The van der Waals surface area contributed by atoms with Crippen LogP contribution >= 0.6 is 15.9 Å². The number of nitrogens with zero attached hydrogens (tertiary/aromatic N) is 2. The quantitative estimate of drug-likeness (QED) is 0.873. The van der Waals surface area contributed by atoms with E-state index < -0.39 is 17.4 Å². The molecule has 0 saturated heterocycles. The fraction of sp³-hybridized carbons (Fsp3) is 0.462. The third-order valence-corrected chi connectivity index (χ3v) is 3.54. The van der Waals surface area contributed by atoms with E-state index in [9.17, 15) is 19.5 Å². The molecular weight excluding hydrogens is 328 g/mol. The van der Waals surface area contributed by atoms with Gasteiger partial charge in [0.15, 0.2) is 0 Å². The van der Waals surface area contributed by atoms with Crippen molar-refractivity contribution in [1.29, 1.82) is 0 Å². The molecule has 1 amide bonds. The highest BCUT2D eigenvalue weighted by atomic mass is 79.9. The van der Waals surface area contributed by atoms with Gasteiger partial charge < -0.3 is 14.6 Å². The molecule has 0 aliphatic heterocycles. The molecule has 0 fully saturated rings. The average Bonchev–Trinajstić information content (AvgIpc) is 2.34. The highest BCUT2D eigenvalue weighted by molar-refractivity contribution is 9.10. The van der Waals surface area contributed by atoms with Crippen LogP contribution in [-0.2, 0) is 16.1 Å². The molecule has 0 bridgehead atoms. The third kappa shape index (κ3) is 3.47. The summed E-state index contributed by atoms with van der Waals surface area (Å²) in [6.45, 7) is 4.68. The molecule has 0 saturated carbocycles. The predicted octanol–water partition coefficient (Wildman–Crippen LogP) is 1.32. The van der Waals surface area contributed by atoms with Crippen LogP contribution in [-0.4, -0.2) is 38.5 Å². The molecule has 1 aromatic heterocycles. The lowest BCUT2D eigenvalue weighted by Gasteiger charge is -2.34. The summed E-state index contributed by atoms with van der Waals surface area (Å²) in [5.41, 5.74) is -1.63. The molecule has 110 valence electrons. The van der Waals surface area contributed by atoms with E-state index in [-0.39, 0.29) is 18.6 Å². The van der Waals surface area contributed by atoms with Crippen LogP contribution in [0, 0.1) is 0 Å². The summed E-state index contributed by atoms with van der Waals surface area (Å²) < 4.78 is 1.91. The first-order chi connectivity index (χ1) is 9.20. The van der Waals surface area contributed by atoms with Crippen molar-refractivity contribution in [3.63, 3.8) is 0 Å². The zero-order chi connectivity index (χ0) is 15.5. The molecule has 6 nitrogen and oxygen atoms in total. The fourth-order valence-corrected chi connectivity index (χ4v) is 2.23. The molecule has 20 heavy (non-hydrogen) atoms. The Hall–Kier alpha value is -1.63. The molecule has 1 heterocycles. The minimum absolute atomic E-state index is 0.192. The summed E-state index contributed by atoms with van der Waals surface area (Å²) in [7, 11) is 0. The molecule has 0 radical (unpaired) electrons. The monoisotopic (exact) mass is 344 g/mol. The number of aliphatic carboxylic acids is 1. The topological polar surface area (TPSA) is 79.6 Å². The van der Waals surface area contributed by atoms with Gasteiger partial charge in [0.1, 0.15) is 12.1 Å². The van der Waals surface area contributed by atoms with Gasteiger partial charge in [-0.2, -0.15) is 0 Å². The standard InChI is InChI=1S/C13H17BrN2O4/c1-4-16(13(2,3)12(19)20)11(18)8-15-7-9(14)5-6-10(15)17/h5-7H,4,8H2,1-3H3,(H,19,20). The van der Waals surface area contributed by atoms with E-state index in [1.165, 1.54) is 35.6 Å². The van der Waals surface area contributed by atoms with Gasteiger partial charge in [0.2, 0.25) is 5.91 Å². The molecule has 0 spiro atoms. The number of pyridine rings is 1. The number of carboxylic acid groups (broad SMARTS) is 1. The zero-order valence-corrected chi connectivity index (χ0v) is 13.2. The lowest BCUT2D eigenvalue weighted by molar-refractivity contribution is -0.157. The van der Waals surface area contributed by atoms with Crippen molar-refractivity contribution in [2.24, 2.45) is 0 Å². The number of carboxylic acids is 1. The number of carbonyl (C=O) groups excluding carboxylic acids is 1. The number of hydrogen-bond acceptors (Lipinski definition) is 3. The molecule has 0 unspecified atom stereocenters. The van der Waals surface area contributed by atoms with E-state index in [0.717, 1.165) is 0 Å². The largest absolute Gasteiger partial charge is 0.480 e. The minimum atomic E-state index is -1.32. The normalized spacial score (nSPS) is 11.2. The predicted molar refractivity (Wildman–Crippen MR) is 77.5 cm³/mol. The highest BCUT2D eigenvalue weighted by Gasteiger charge is 2.36. The van der Waals surface area contributed by atoms with E-state index in [4.69, 9.17) is 0 Å². The van der Waals surface area contributed by atoms with Crippen LogP contribution in [0.25, 0.3) is 0 Å². The maximum atomic E-state index is 12.2. The van der Waals surface area contributed by atoms with E-state index in [1.54, 1.807) is 13.0 Å². The summed E-state index contributed by atoms with van der Waals surface area (Å²) in [5, 5.41) is 9.19. The Morgan fingerprint density at radius 2 is 2.00 bits per heavy atom. The lowest BCUT2D eigenvalue weighted by atomic mass is 10.0. The maximum absolute atomic E-state index is 12.2. The van der Waals surface area contributed by atoms with Crippen LogP contribution in [0.2, 0.25) is 0 Å². The van der Waals surface area contributed by atoms with E-state index in [2.05, 4.69) is 15.9 Å². The second-order valence-electron chi connectivity index (χ2n) is 4.82. The number of hydrogen-bond donors (Lipinski definition) is 1. The number of halogens is 1. The first-order valence-electron chi connectivity index (χ1n) is 6.10. The molecule has 0 aromatic carbocycles. The van der Waals surface area contributed by atoms with Crippen LogP contribution < -0.4 is 5.56 Å². The van der Waals surface area contributed by atoms with Crippen LogP contribution in [0.15, 0.2) is 27.6 Å². The van der Waals surface area contributed by atoms with E-state index >= 15 is 0 Å². The van der Waals surface area contributed by atoms with Gasteiger partial charge in [0, 0.05) is 23.3 Å². The van der Waals surface area contributed by atoms with Crippen LogP contribution in [0.5, 0.6) is 0 Å². The highest BCUT2D eigenvalue weighted by Crippen LogP contribution is 2.15. The van der Waals surface area contributed by atoms with E-state index in [1.807, 2.05) is 0 Å². The Balaban J connectivity index is 3.02. The van der Waals surface area contributed by atoms with Gasteiger partial charge in [-0.25, -0.2) is 4.79 Å². The SMILES string of the molecule is CCN(C(=O)Cn1cc(Br)ccc1=O)C(C)(C)C(=O)O. The number of rotatable bonds is 5. The van der Waals surface area contributed by atoms with Crippen molar-refractivity contribution in [3.05, 3.63) is 33.2 Å². The fourth-order valence-electron chi connectivity index (χ4n) is 1.86. The van der Waals surface area contributed by atoms with Crippen molar-refractivity contribution < 1.29 is 14.7 Å². The van der Waals surface area contributed by atoms with Gasteiger partial charge in [-0.15, -0.1) is 0 Å². The van der Waals surface area contributed by atoms with Crippen LogP contribution in [0.1, 0.15) is 20.8 Å². The van der Waals surface area contributed by atoms with Crippen molar-refractivity contribution in [2.45, 2.75) is 32.9 Å². The molecule has 0 atom stereocenters. The van der Waals surface area contributed by atoms with Crippen molar-refractivity contribution in [1.82, 2.24) is 9.47 Å². The summed E-state index contributed by atoms with van der Waals surface area (Å²) >= 11 is 3.22. The molecule has 0 aliphatic carbocycles. The summed E-state index contributed by atoms with van der Waals surface area (Å²) in [4.78, 5) is 36.4. The second-order valence-corrected chi connectivity index (χ2v) is 5.73. The lowest BCUT2D eigenvalue weighted by Crippen LogP contribution is -2.54. The Kier molecular flexibility index (Phi) is 5.10. The zero-order valence-electron chi connectivity index (χ0n) is 11.6. The van der Waals surface area contributed by atoms with Crippen LogP contribution in [0.4, 0.5) is 0 Å². The summed E-state index contributed by atoms with van der Waals surface area (Å²) in [6.07, 6.45) is 1.50. The smallest absolute Gasteiger partial charge is 0.329 e.